The highest BCUT2D eigenvalue weighted by Gasteiger charge is 2.03. The van der Waals surface area contributed by atoms with Crippen molar-refractivity contribution in [3.63, 3.8) is 0 Å². The van der Waals surface area contributed by atoms with Gasteiger partial charge in [-0.05, 0) is 54.3 Å². The first-order chi connectivity index (χ1) is 8.24. The molecule has 2 aromatic rings. The lowest BCUT2D eigenvalue weighted by Crippen LogP contribution is -2.27. The second-order valence-corrected chi connectivity index (χ2v) is 5.22. The van der Waals surface area contributed by atoms with Crippen molar-refractivity contribution in [2.24, 2.45) is 0 Å². The molecule has 0 saturated carbocycles. The fourth-order valence-corrected chi connectivity index (χ4v) is 2.40. The van der Waals surface area contributed by atoms with Gasteiger partial charge in [0.2, 0.25) is 0 Å². The predicted molar refractivity (Wildman–Crippen MR) is 73.3 cm³/mol. The number of nitrogens with zero attached hydrogens (tertiary/aromatic N) is 1. The molecule has 0 amide bonds. The summed E-state index contributed by atoms with van der Waals surface area (Å²) < 4.78 is 0. The molecule has 0 bridgehead atoms. The SMILES string of the molecule is Cc1ccc(CNC(C)Cc2ccsc2)nc1. The van der Waals surface area contributed by atoms with Gasteiger partial charge < -0.3 is 5.32 Å². The molecule has 1 atom stereocenters. The lowest BCUT2D eigenvalue weighted by molar-refractivity contribution is 0.540. The van der Waals surface area contributed by atoms with Crippen LogP contribution in [0.1, 0.15) is 23.7 Å². The third kappa shape index (κ3) is 3.95. The van der Waals surface area contributed by atoms with Crippen molar-refractivity contribution in [1.29, 1.82) is 0 Å². The van der Waals surface area contributed by atoms with Crippen LogP contribution < -0.4 is 5.32 Å². The Hall–Kier alpha value is -1.19. The van der Waals surface area contributed by atoms with Crippen LogP contribution in [0.3, 0.4) is 0 Å². The molecule has 0 spiro atoms. The summed E-state index contributed by atoms with van der Waals surface area (Å²) >= 11 is 1.76. The van der Waals surface area contributed by atoms with Crippen LogP contribution >= 0.6 is 11.3 Å². The zero-order valence-corrected chi connectivity index (χ0v) is 11.1. The van der Waals surface area contributed by atoms with Gasteiger partial charge in [0.15, 0.2) is 0 Å². The van der Waals surface area contributed by atoms with E-state index in [0.717, 1.165) is 18.7 Å². The Balaban J connectivity index is 1.79. The van der Waals surface area contributed by atoms with E-state index in [4.69, 9.17) is 0 Å². The van der Waals surface area contributed by atoms with Gasteiger partial charge in [0.05, 0.1) is 5.69 Å². The maximum Gasteiger partial charge on any atom is 0.0541 e. The van der Waals surface area contributed by atoms with Gasteiger partial charge in [0, 0.05) is 18.8 Å². The third-order valence-corrected chi connectivity index (χ3v) is 3.46. The molecule has 0 aliphatic rings. The Morgan fingerprint density at radius 3 is 2.88 bits per heavy atom. The summed E-state index contributed by atoms with van der Waals surface area (Å²) in [4.78, 5) is 4.39. The summed E-state index contributed by atoms with van der Waals surface area (Å²) in [7, 11) is 0. The monoisotopic (exact) mass is 246 g/mol. The number of aryl methyl sites for hydroxylation is 1. The summed E-state index contributed by atoms with van der Waals surface area (Å²) in [6.07, 6.45) is 3.00. The number of hydrogen-bond donors (Lipinski definition) is 1. The van der Waals surface area contributed by atoms with E-state index >= 15 is 0 Å². The highest BCUT2D eigenvalue weighted by Crippen LogP contribution is 2.08. The van der Waals surface area contributed by atoms with Gasteiger partial charge in [-0.15, -0.1) is 0 Å². The first-order valence-corrected chi connectivity index (χ1v) is 6.84. The first-order valence-electron chi connectivity index (χ1n) is 5.90. The zero-order valence-electron chi connectivity index (χ0n) is 10.3. The number of thiophene rings is 1. The third-order valence-electron chi connectivity index (χ3n) is 2.73. The summed E-state index contributed by atoms with van der Waals surface area (Å²) in [5, 5.41) is 7.84. The zero-order chi connectivity index (χ0) is 12.1. The number of rotatable bonds is 5. The fourth-order valence-electron chi connectivity index (χ4n) is 1.72. The van der Waals surface area contributed by atoms with E-state index in [1.807, 2.05) is 6.20 Å². The maximum absolute atomic E-state index is 4.39. The lowest BCUT2D eigenvalue weighted by Gasteiger charge is -2.12. The second-order valence-electron chi connectivity index (χ2n) is 4.44. The smallest absolute Gasteiger partial charge is 0.0541 e. The molecule has 1 N–H and O–H groups in total. The Labute approximate surface area is 107 Å². The molecule has 1 unspecified atom stereocenters. The highest BCUT2D eigenvalue weighted by atomic mass is 32.1. The van der Waals surface area contributed by atoms with Gasteiger partial charge in [0.1, 0.15) is 0 Å². The summed E-state index contributed by atoms with van der Waals surface area (Å²) in [5.41, 5.74) is 3.72. The minimum Gasteiger partial charge on any atom is -0.308 e. The molecule has 0 aromatic carbocycles. The van der Waals surface area contributed by atoms with Crippen molar-refractivity contribution in [1.82, 2.24) is 10.3 Å². The Morgan fingerprint density at radius 2 is 2.24 bits per heavy atom. The predicted octanol–water partition coefficient (Wildman–Crippen LogP) is 3.17. The Morgan fingerprint density at radius 1 is 1.35 bits per heavy atom. The van der Waals surface area contributed by atoms with Crippen molar-refractivity contribution >= 4 is 11.3 Å². The van der Waals surface area contributed by atoms with Crippen molar-refractivity contribution in [2.45, 2.75) is 32.9 Å². The van der Waals surface area contributed by atoms with E-state index in [-0.39, 0.29) is 0 Å². The van der Waals surface area contributed by atoms with E-state index in [1.54, 1.807) is 11.3 Å². The van der Waals surface area contributed by atoms with Crippen LogP contribution in [-0.4, -0.2) is 11.0 Å². The van der Waals surface area contributed by atoms with E-state index in [2.05, 4.69) is 53.1 Å². The Kier molecular flexibility index (Phi) is 4.29. The first kappa shape index (κ1) is 12.3. The quantitative estimate of drug-likeness (QED) is 0.876. The molecule has 0 fully saturated rings. The van der Waals surface area contributed by atoms with E-state index < -0.39 is 0 Å². The molecule has 17 heavy (non-hydrogen) atoms. The summed E-state index contributed by atoms with van der Waals surface area (Å²) in [5.74, 6) is 0. The maximum atomic E-state index is 4.39. The van der Waals surface area contributed by atoms with Crippen LogP contribution in [0, 0.1) is 6.92 Å². The molecule has 90 valence electrons. The van der Waals surface area contributed by atoms with Crippen LogP contribution in [0.4, 0.5) is 0 Å². The van der Waals surface area contributed by atoms with Crippen molar-refractivity contribution in [3.05, 3.63) is 52.0 Å². The van der Waals surface area contributed by atoms with Crippen LogP contribution in [0.2, 0.25) is 0 Å². The van der Waals surface area contributed by atoms with Gasteiger partial charge in [-0.2, -0.15) is 11.3 Å². The van der Waals surface area contributed by atoms with Gasteiger partial charge >= 0.3 is 0 Å². The molecule has 2 aromatic heterocycles. The highest BCUT2D eigenvalue weighted by molar-refractivity contribution is 7.07. The number of aromatic nitrogens is 1. The van der Waals surface area contributed by atoms with Gasteiger partial charge in [0.25, 0.3) is 0 Å². The Bertz CT molecular complexity index is 434. The summed E-state index contributed by atoms with van der Waals surface area (Å²) in [6, 6.07) is 6.85. The van der Waals surface area contributed by atoms with Gasteiger partial charge in [-0.25, -0.2) is 0 Å². The molecule has 0 aliphatic carbocycles. The lowest BCUT2D eigenvalue weighted by atomic mass is 10.1. The van der Waals surface area contributed by atoms with Crippen LogP contribution in [0.5, 0.6) is 0 Å². The van der Waals surface area contributed by atoms with Crippen molar-refractivity contribution in [2.75, 3.05) is 0 Å². The molecular formula is C14H18N2S. The average Bonchev–Trinajstić information content (AvgIpc) is 2.81. The van der Waals surface area contributed by atoms with Crippen molar-refractivity contribution < 1.29 is 0 Å². The molecule has 3 heteroatoms. The standard InChI is InChI=1S/C14H18N2S/c1-11-3-4-14(16-8-11)9-15-12(2)7-13-5-6-17-10-13/h3-6,8,10,12,15H,7,9H2,1-2H3. The van der Waals surface area contributed by atoms with Gasteiger partial charge in [-0.1, -0.05) is 6.07 Å². The van der Waals surface area contributed by atoms with Crippen LogP contribution in [0.15, 0.2) is 35.2 Å². The average molecular weight is 246 g/mol. The van der Waals surface area contributed by atoms with E-state index in [0.29, 0.717) is 6.04 Å². The molecular weight excluding hydrogens is 228 g/mol. The van der Waals surface area contributed by atoms with Crippen LogP contribution in [-0.2, 0) is 13.0 Å². The largest absolute Gasteiger partial charge is 0.308 e. The minimum absolute atomic E-state index is 0.479. The topological polar surface area (TPSA) is 24.9 Å². The molecule has 0 radical (unpaired) electrons. The number of hydrogen-bond acceptors (Lipinski definition) is 3. The summed E-state index contributed by atoms with van der Waals surface area (Å²) in [6.45, 7) is 5.11. The minimum atomic E-state index is 0.479. The molecule has 2 heterocycles. The number of nitrogens with one attached hydrogen (secondary N) is 1. The molecule has 2 nitrogen and oxygen atoms in total. The second kappa shape index (κ2) is 5.94. The van der Waals surface area contributed by atoms with Gasteiger partial charge in [-0.3, -0.25) is 4.98 Å². The van der Waals surface area contributed by atoms with Crippen molar-refractivity contribution in [3.8, 4) is 0 Å². The normalized spacial score (nSPS) is 12.6. The molecule has 2 rings (SSSR count). The molecule has 0 aliphatic heterocycles. The van der Waals surface area contributed by atoms with E-state index in [9.17, 15) is 0 Å². The van der Waals surface area contributed by atoms with E-state index in [1.165, 1.54) is 11.1 Å². The van der Waals surface area contributed by atoms with Crippen LogP contribution in [0.25, 0.3) is 0 Å². The number of pyridine rings is 1. The molecule has 0 saturated heterocycles. The fraction of sp³-hybridized carbons (Fsp3) is 0.357.